The van der Waals surface area contributed by atoms with E-state index in [1.54, 1.807) is 0 Å². The number of methoxy groups -OCH3 is 1. The molecule has 0 bridgehead atoms. The molecule has 1 aliphatic rings. The van der Waals surface area contributed by atoms with E-state index in [1.165, 1.54) is 23.4 Å². The maximum absolute atomic E-state index is 11.8. The summed E-state index contributed by atoms with van der Waals surface area (Å²) in [5.74, 6) is 1.79. The van der Waals surface area contributed by atoms with E-state index >= 15 is 0 Å². The number of esters is 1. The molecule has 0 saturated carbocycles. The second-order valence-corrected chi connectivity index (χ2v) is 6.59. The Hall–Kier alpha value is -2.69. The quantitative estimate of drug-likeness (QED) is 0.690. The minimum atomic E-state index is -0.116. The normalized spacial score (nSPS) is 17.1. The second-order valence-electron chi connectivity index (χ2n) is 6.59. The standard InChI is InChI=1S/C20H21N3O2/c1-25-20(24)16-8-9-18-21-22-19(23(18)11-10-16)13-14-6-7-15-4-2-3-5-17(15)12-14/h2-7,12,16H,8-11,13H2,1H3. The molecule has 0 aliphatic carbocycles. The Balaban J connectivity index is 1.56. The van der Waals surface area contributed by atoms with Crippen molar-refractivity contribution in [2.24, 2.45) is 5.92 Å². The van der Waals surface area contributed by atoms with Gasteiger partial charge in [0.2, 0.25) is 0 Å². The van der Waals surface area contributed by atoms with Gasteiger partial charge in [0.15, 0.2) is 0 Å². The van der Waals surface area contributed by atoms with Crippen molar-refractivity contribution in [3.63, 3.8) is 0 Å². The van der Waals surface area contributed by atoms with Crippen LogP contribution < -0.4 is 0 Å². The fourth-order valence-corrected chi connectivity index (χ4v) is 3.61. The molecule has 1 aromatic heterocycles. The van der Waals surface area contributed by atoms with Gasteiger partial charge in [-0.1, -0.05) is 42.5 Å². The number of fused-ring (bicyclic) bond motifs is 2. The van der Waals surface area contributed by atoms with Crippen LogP contribution in [0, 0.1) is 5.92 Å². The first-order valence-corrected chi connectivity index (χ1v) is 8.71. The zero-order chi connectivity index (χ0) is 17.2. The third-order valence-corrected chi connectivity index (χ3v) is 5.03. The highest BCUT2D eigenvalue weighted by atomic mass is 16.5. The van der Waals surface area contributed by atoms with E-state index in [4.69, 9.17) is 4.74 Å². The summed E-state index contributed by atoms with van der Waals surface area (Å²) in [6, 6.07) is 14.9. The fourth-order valence-electron chi connectivity index (χ4n) is 3.61. The molecule has 1 atom stereocenters. The summed E-state index contributed by atoms with van der Waals surface area (Å²) < 4.78 is 7.08. The van der Waals surface area contributed by atoms with Gasteiger partial charge in [-0.25, -0.2) is 0 Å². The summed E-state index contributed by atoms with van der Waals surface area (Å²) in [4.78, 5) is 11.8. The van der Waals surface area contributed by atoms with Crippen LogP contribution in [0.4, 0.5) is 0 Å². The van der Waals surface area contributed by atoms with Gasteiger partial charge in [-0.3, -0.25) is 4.79 Å². The molecule has 4 rings (SSSR count). The molecule has 5 heteroatoms. The smallest absolute Gasteiger partial charge is 0.308 e. The van der Waals surface area contributed by atoms with Crippen molar-refractivity contribution in [1.82, 2.24) is 14.8 Å². The van der Waals surface area contributed by atoms with Crippen molar-refractivity contribution in [1.29, 1.82) is 0 Å². The number of carbonyl (C=O) groups is 1. The molecule has 0 spiro atoms. The van der Waals surface area contributed by atoms with Crippen LogP contribution in [-0.4, -0.2) is 27.8 Å². The third kappa shape index (κ3) is 3.14. The van der Waals surface area contributed by atoms with Crippen LogP contribution in [0.5, 0.6) is 0 Å². The summed E-state index contributed by atoms with van der Waals surface area (Å²) in [5.41, 5.74) is 1.22. The van der Waals surface area contributed by atoms with Crippen molar-refractivity contribution in [2.45, 2.75) is 32.2 Å². The number of hydrogen-bond donors (Lipinski definition) is 0. The monoisotopic (exact) mass is 335 g/mol. The maximum atomic E-state index is 11.8. The molecule has 0 radical (unpaired) electrons. The number of ether oxygens (including phenoxy) is 1. The van der Waals surface area contributed by atoms with E-state index in [9.17, 15) is 4.79 Å². The fraction of sp³-hybridized carbons (Fsp3) is 0.350. The minimum absolute atomic E-state index is 0.0415. The van der Waals surface area contributed by atoms with E-state index in [0.29, 0.717) is 0 Å². The van der Waals surface area contributed by atoms with Gasteiger partial charge in [0.25, 0.3) is 0 Å². The van der Waals surface area contributed by atoms with E-state index in [0.717, 1.165) is 43.9 Å². The zero-order valence-electron chi connectivity index (χ0n) is 14.3. The van der Waals surface area contributed by atoms with E-state index in [-0.39, 0.29) is 11.9 Å². The van der Waals surface area contributed by atoms with Crippen LogP contribution in [0.3, 0.4) is 0 Å². The molecular formula is C20H21N3O2. The molecule has 3 aromatic rings. The molecule has 0 amide bonds. The Kier molecular flexibility index (Phi) is 4.22. The number of rotatable bonds is 3. The van der Waals surface area contributed by atoms with Gasteiger partial charge in [0, 0.05) is 19.4 Å². The highest BCUT2D eigenvalue weighted by Gasteiger charge is 2.25. The number of aromatic nitrogens is 3. The molecule has 0 N–H and O–H groups in total. The molecule has 128 valence electrons. The first-order chi connectivity index (χ1) is 12.2. The van der Waals surface area contributed by atoms with Gasteiger partial charge in [-0.2, -0.15) is 0 Å². The highest BCUT2D eigenvalue weighted by molar-refractivity contribution is 5.83. The Morgan fingerprint density at radius 2 is 2.00 bits per heavy atom. The summed E-state index contributed by atoms with van der Waals surface area (Å²) in [5, 5.41) is 11.2. The lowest BCUT2D eigenvalue weighted by Gasteiger charge is -2.11. The van der Waals surface area contributed by atoms with Gasteiger partial charge in [0.1, 0.15) is 11.6 Å². The molecule has 2 aromatic carbocycles. The Labute approximate surface area is 146 Å². The van der Waals surface area contributed by atoms with Crippen molar-refractivity contribution < 1.29 is 9.53 Å². The third-order valence-electron chi connectivity index (χ3n) is 5.03. The van der Waals surface area contributed by atoms with Gasteiger partial charge >= 0.3 is 5.97 Å². The molecule has 5 nitrogen and oxygen atoms in total. The van der Waals surface area contributed by atoms with Crippen molar-refractivity contribution in [3.05, 3.63) is 59.7 Å². The first kappa shape index (κ1) is 15.8. The van der Waals surface area contributed by atoms with E-state index in [1.807, 2.05) is 0 Å². The summed E-state index contributed by atoms with van der Waals surface area (Å²) in [6.07, 6.45) is 3.08. The predicted octanol–water partition coefficient (Wildman–Crippen LogP) is 3.15. The Morgan fingerprint density at radius 3 is 2.84 bits per heavy atom. The van der Waals surface area contributed by atoms with Crippen LogP contribution in [-0.2, 0) is 28.9 Å². The topological polar surface area (TPSA) is 57.0 Å². The number of benzene rings is 2. The lowest BCUT2D eigenvalue weighted by molar-refractivity contribution is -0.145. The lowest BCUT2D eigenvalue weighted by atomic mass is 10.0. The van der Waals surface area contributed by atoms with Crippen LogP contribution >= 0.6 is 0 Å². The van der Waals surface area contributed by atoms with E-state index in [2.05, 4.69) is 57.2 Å². The summed E-state index contributed by atoms with van der Waals surface area (Å²) in [7, 11) is 1.46. The molecule has 1 unspecified atom stereocenters. The van der Waals surface area contributed by atoms with Crippen LogP contribution in [0.25, 0.3) is 10.8 Å². The van der Waals surface area contributed by atoms with E-state index < -0.39 is 0 Å². The van der Waals surface area contributed by atoms with Crippen molar-refractivity contribution in [2.75, 3.05) is 7.11 Å². The first-order valence-electron chi connectivity index (χ1n) is 8.71. The second kappa shape index (κ2) is 6.67. The average Bonchev–Trinajstić information content (AvgIpc) is 2.89. The average molecular weight is 335 g/mol. The molecule has 0 fully saturated rings. The summed E-state index contributed by atoms with van der Waals surface area (Å²) >= 11 is 0. The largest absolute Gasteiger partial charge is 0.469 e. The van der Waals surface area contributed by atoms with Gasteiger partial charge < -0.3 is 9.30 Å². The SMILES string of the molecule is COC(=O)C1CCc2nnc(Cc3ccc4ccccc4c3)n2CC1. The molecule has 0 saturated heterocycles. The van der Waals surface area contributed by atoms with Crippen LogP contribution in [0.15, 0.2) is 42.5 Å². The molecular weight excluding hydrogens is 314 g/mol. The molecule has 1 aliphatic heterocycles. The number of carbonyl (C=O) groups excluding carboxylic acids is 1. The Morgan fingerprint density at radius 1 is 1.16 bits per heavy atom. The van der Waals surface area contributed by atoms with Crippen LogP contribution in [0.2, 0.25) is 0 Å². The zero-order valence-corrected chi connectivity index (χ0v) is 14.3. The molecule has 2 heterocycles. The number of aryl methyl sites for hydroxylation is 1. The minimum Gasteiger partial charge on any atom is -0.469 e. The Bertz CT molecular complexity index is 916. The van der Waals surface area contributed by atoms with Gasteiger partial charge in [-0.05, 0) is 29.2 Å². The maximum Gasteiger partial charge on any atom is 0.308 e. The van der Waals surface area contributed by atoms with Crippen LogP contribution in [0.1, 0.15) is 30.1 Å². The van der Waals surface area contributed by atoms with Gasteiger partial charge in [-0.15, -0.1) is 10.2 Å². The number of nitrogens with zero attached hydrogens (tertiary/aromatic N) is 3. The highest BCUT2D eigenvalue weighted by Crippen LogP contribution is 2.23. The number of hydrogen-bond acceptors (Lipinski definition) is 4. The van der Waals surface area contributed by atoms with Crippen molar-refractivity contribution >= 4 is 16.7 Å². The van der Waals surface area contributed by atoms with Crippen molar-refractivity contribution in [3.8, 4) is 0 Å². The molecule has 25 heavy (non-hydrogen) atoms. The van der Waals surface area contributed by atoms with Gasteiger partial charge in [0.05, 0.1) is 13.0 Å². The summed E-state index contributed by atoms with van der Waals surface area (Å²) in [6.45, 7) is 0.769. The predicted molar refractivity (Wildman–Crippen MR) is 95.2 cm³/mol. The lowest BCUT2D eigenvalue weighted by Crippen LogP contribution is -2.17.